The molecule has 0 saturated heterocycles. The molecule has 0 saturated carbocycles. The summed E-state index contributed by atoms with van der Waals surface area (Å²) >= 11 is 24.3. The SMILES string of the molecule is O=S(=O)(O)C(c1ccccc1)(c1cc(Cl)cc(Cl)c1)c1c(O)cc(Cl)c(O)c1Cl. The van der Waals surface area contributed by atoms with Gasteiger partial charge in [-0.05, 0) is 29.3 Å². The minimum absolute atomic E-state index is 0.0137. The van der Waals surface area contributed by atoms with Crippen molar-refractivity contribution in [2.45, 2.75) is 4.75 Å². The van der Waals surface area contributed by atoms with Crippen molar-refractivity contribution in [3.63, 3.8) is 0 Å². The molecular formula is C19H12Cl4O5S. The topological polar surface area (TPSA) is 94.8 Å². The van der Waals surface area contributed by atoms with E-state index in [1.54, 1.807) is 6.07 Å². The fraction of sp³-hybridized carbons (Fsp3) is 0.0526. The van der Waals surface area contributed by atoms with Gasteiger partial charge >= 0.3 is 0 Å². The Labute approximate surface area is 186 Å². The highest BCUT2D eigenvalue weighted by atomic mass is 35.5. The maximum Gasteiger partial charge on any atom is 0.283 e. The summed E-state index contributed by atoms with van der Waals surface area (Å²) in [5.74, 6) is -1.34. The molecule has 0 radical (unpaired) electrons. The molecule has 3 N–H and O–H groups in total. The molecule has 3 aromatic rings. The molecule has 29 heavy (non-hydrogen) atoms. The monoisotopic (exact) mass is 492 g/mol. The van der Waals surface area contributed by atoms with E-state index in [0.717, 1.165) is 6.07 Å². The Balaban J connectivity index is 2.65. The van der Waals surface area contributed by atoms with Crippen LogP contribution in [0.3, 0.4) is 0 Å². The van der Waals surface area contributed by atoms with E-state index in [0.29, 0.717) is 0 Å². The van der Waals surface area contributed by atoms with Gasteiger partial charge in [0.2, 0.25) is 0 Å². The first kappa shape index (κ1) is 22.0. The van der Waals surface area contributed by atoms with E-state index in [-0.39, 0.29) is 26.2 Å². The van der Waals surface area contributed by atoms with Gasteiger partial charge < -0.3 is 10.2 Å². The van der Waals surface area contributed by atoms with Gasteiger partial charge in [-0.15, -0.1) is 0 Å². The van der Waals surface area contributed by atoms with Crippen LogP contribution in [0, 0.1) is 0 Å². The maximum absolute atomic E-state index is 13.0. The number of halogens is 4. The molecule has 3 aromatic carbocycles. The number of hydrogen-bond donors (Lipinski definition) is 3. The number of aromatic hydroxyl groups is 2. The Bertz CT molecular complexity index is 1180. The van der Waals surface area contributed by atoms with Crippen molar-refractivity contribution in [3.05, 3.63) is 91.4 Å². The Hall–Kier alpha value is -1.67. The highest BCUT2D eigenvalue weighted by Gasteiger charge is 2.52. The van der Waals surface area contributed by atoms with Gasteiger partial charge in [-0.25, -0.2) is 0 Å². The summed E-state index contributed by atoms with van der Waals surface area (Å²) in [7, 11) is -5.11. The van der Waals surface area contributed by atoms with E-state index >= 15 is 0 Å². The normalized spacial score (nSPS) is 13.8. The molecule has 1 atom stereocenters. The molecule has 0 heterocycles. The molecule has 0 aromatic heterocycles. The van der Waals surface area contributed by atoms with E-state index in [1.165, 1.54) is 42.5 Å². The van der Waals surface area contributed by atoms with Crippen molar-refractivity contribution in [2.24, 2.45) is 0 Å². The van der Waals surface area contributed by atoms with Crippen molar-refractivity contribution in [3.8, 4) is 11.5 Å². The maximum atomic E-state index is 13.0. The van der Waals surface area contributed by atoms with E-state index in [2.05, 4.69) is 0 Å². The Morgan fingerprint density at radius 3 is 1.86 bits per heavy atom. The van der Waals surface area contributed by atoms with Crippen molar-refractivity contribution in [1.82, 2.24) is 0 Å². The molecule has 0 fully saturated rings. The van der Waals surface area contributed by atoms with Crippen LogP contribution in [-0.2, 0) is 14.9 Å². The van der Waals surface area contributed by atoms with Gasteiger partial charge in [-0.2, -0.15) is 8.42 Å². The van der Waals surface area contributed by atoms with Crippen LogP contribution in [0.1, 0.15) is 16.7 Å². The predicted octanol–water partition coefficient (Wildman–Crippen LogP) is 5.89. The number of rotatable bonds is 4. The second-order valence-corrected chi connectivity index (χ2v) is 9.32. The third-order valence-corrected chi connectivity index (χ3v) is 6.90. The molecule has 0 spiro atoms. The fourth-order valence-corrected chi connectivity index (χ4v) is 5.73. The molecule has 1 unspecified atom stereocenters. The molecule has 0 aliphatic carbocycles. The summed E-state index contributed by atoms with van der Waals surface area (Å²) in [6.07, 6.45) is 0. The van der Waals surface area contributed by atoms with Gasteiger partial charge in [0.05, 0.1) is 10.0 Å². The third kappa shape index (κ3) is 3.65. The quantitative estimate of drug-likeness (QED) is 0.239. The van der Waals surface area contributed by atoms with E-state index in [9.17, 15) is 23.2 Å². The summed E-state index contributed by atoms with van der Waals surface area (Å²) in [4.78, 5) is 0. The van der Waals surface area contributed by atoms with Gasteiger partial charge in [0.15, 0.2) is 10.5 Å². The van der Waals surface area contributed by atoms with Crippen molar-refractivity contribution < 1.29 is 23.2 Å². The lowest BCUT2D eigenvalue weighted by Gasteiger charge is -2.34. The van der Waals surface area contributed by atoms with Crippen molar-refractivity contribution in [1.29, 1.82) is 0 Å². The van der Waals surface area contributed by atoms with Crippen LogP contribution in [0.25, 0.3) is 0 Å². The van der Waals surface area contributed by atoms with E-state index < -0.39 is 37.0 Å². The van der Waals surface area contributed by atoms with Crippen LogP contribution in [0.5, 0.6) is 11.5 Å². The standard InChI is InChI=1S/C19H12Cl4O5S/c20-12-6-11(7-13(21)8-12)19(29(26,27)28,10-4-2-1-3-5-10)16-15(24)9-14(22)18(25)17(16)23/h1-9,24-25H,(H,26,27,28). The zero-order chi connectivity index (χ0) is 21.6. The zero-order valence-corrected chi connectivity index (χ0v) is 18.1. The second-order valence-electron chi connectivity index (χ2n) is 6.10. The highest BCUT2D eigenvalue weighted by Crippen LogP contribution is 2.53. The molecule has 0 bridgehead atoms. The van der Waals surface area contributed by atoms with Gasteiger partial charge in [0, 0.05) is 21.7 Å². The summed E-state index contributed by atoms with van der Waals surface area (Å²) in [6, 6.07) is 12.3. The van der Waals surface area contributed by atoms with Gasteiger partial charge in [-0.3, -0.25) is 4.55 Å². The molecule has 0 amide bonds. The largest absolute Gasteiger partial charge is 0.507 e. The summed E-state index contributed by atoms with van der Waals surface area (Å²) in [5.41, 5.74) is -0.601. The molecule has 3 rings (SSSR count). The van der Waals surface area contributed by atoms with E-state index in [1.807, 2.05) is 0 Å². The minimum Gasteiger partial charge on any atom is -0.507 e. The van der Waals surface area contributed by atoms with Gasteiger partial charge in [0.1, 0.15) is 5.75 Å². The Morgan fingerprint density at radius 2 is 1.34 bits per heavy atom. The summed E-state index contributed by atoms with van der Waals surface area (Å²) in [5, 5.41) is 20.2. The summed E-state index contributed by atoms with van der Waals surface area (Å²) in [6.45, 7) is 0. The van der Waals surface area contributed by atoms with Crippen LogP contribution < -0.4 is 0 Å². The Morgan fingerprint density at radius 1 is 0.793 bits per heavy atom. The molecular weight excluding hydrogens is 482 g/mol. The lowest BCUT2D eigenvalue weighted by molar-refractivity contribution is 0.435. The van der Waals surface area contributed by atoms with Crippen LogP contribution >= 0.6 is 46.4 Å². The van der Waals surface area contributed by atoms with Crippen LogP contribution in [0.15, 0.2) is 54.6 Å². The first-order valence-electron chi connectivity index (χ1n) is 7.89. The third-order valence-electron chi connectivity index (χ3n) is 4.36. The molecule has 0 aliphatic rings. The van der Waals surface area contributed by atoms with Gasteiger partial charge in [-0.1, -0.05) is 76.7 Å². The van der Waals surface area contributed by atoms with Crippen LogP contribution in [0.4, 0.5) is 0 Å². The first-order valence-corrected chi connectivity index (χ1v) is 10.8. The molecule has 10 heteroatoms. The van der Waals surface area contributed by atoms with Gasteiger partial charge in [0.25, 0.3) is 10.1 Å². The van der Waals surface area contributed by atoms with Crippen LogP contribution in [0.2, 0.25) is 20.1 Å². The number of benzene rings is 3. The lowest BCUT2D eigenvalue weighted by atomic mass is 9.83. The average molecular weight is 494 g/mol. The molecule has 152 valence electrons. The van der Waals surface area contributed by atoms with Crippen molar-refractivity contribution in [2.75, 3.05) is 0 Å². The zero-order valence-electron chi connectivity index (χ0n) is 14.3. The second kappa shape index (κ2) is 7.87. The fourth-order valence-electron chi connectivity index (χ4n) is 3.24. The van der Waals surface area contributed by atoms with E-state index in [4.69, 9.17) is 46.4 Å². The number of phenols is 2. The highest BCUT2D eigenvalue weighted by molar-refractivity contribution is 7.87. The Kier molecular flexibility index (Phi) is 5.98. The predicted molar refractivity (Wildman–Crippen MR) is 114 cm³/mol. The molecule has 5 nitrogen and oxygen atoms in total. The number of hydrogen-bond acceptors (Lipinski definition) is 4. The number of phenolic OH excluding ortho intramolecular Hbond substituents is 2. The van der Waals surface area contributed by atoms with Crippen LogP contribution in [-0.4, -0.2) is 23.2 Å². The minimum atomic E-state index is -5.11. The molecule has 0 aliphatic heterocycles. The first-order chi connectivity index (χ1) is 13.5. The smallest absolute Gasteiger partial charge is 0.283 e. The summed E-state index contributed by atoms with van der Waals surface area (Å²) < 4.78 is 33.9. The average Bonchev–Trinajstić information content (AvgIpc) is 2.62. The van der Waals surface area contributed by atoms with Crippen molar-refractivity contribution >= 4 is 56.5 Å². The lowest BCUT2D eigenvalue weighted by Crippen LogP contribution is -2.38.